The van der Waals surface area contributed by atoms with Crippen LogP contribution >= 0.6 is 0 Å². The van der Waals surface area contributed by atoms with Gasteiger partial charge in [-0.1, -0.05) is 18.2 Å². The van der Waals surface area contributed by atoms with Gasteiger partial charge in [0.25, 0.3) is 0 Å². The molecule has 0 atom stereocenters. The number of hydrogen-bond donors (Lipinski definition) is 0. The number of carbonyl (C=O) groups is 1. The largest absolute Gasteiger partial charge is 0.277 e. The standard InChI is InChI=1S/C14H20N2O/c1-13(2)12(17)15(5)16(14(13,3)4)11-9-7-6-8-10-11/h6-10H,1-5H3. The fraction of sp³-hybridized carbons (Fsp3) is 0.500. The number of carbonyl (C=O) groups excluding carboxylic acids is 1. The van der Waals surface area contributed by atoms with Gasteiger partial charge >= 0.3 is 0 Å². The first-order chi connectivity index (χ1) is 7.80. The lowest BCUT2D eigenvalue weighted by atomic mass is 9.75. The lowest BCUT2D eigenvalue weighted by Crippen LogP contribution is -2.49. The van der Waals surface area contributed by atoms with Crippen LogP contribution in [-0.2, 0) is 4.79 Å². The smallest absolute Gasteiger partial charge is 0.248 e. The van der Waals surface area contributed by atoms with Crippen LogP contribution in [0, 0.1) is 5.41 Å². The van der Waals surface area contributed by atoms with Gasteiger partial charge in [-0.15, -0.1) is 0 Å². The second-order valence-electron chi connectivity index (χ2n) is 5.66. The molecular weight excluding hydrogens is 212 g/mol. The molecule has 0 spiro atoms. The number of nitrogens with zero attached hydrogens (tertiary/aromatic N) is 2. The van der Waals surface area contributed by atoms with E-state index in [4.69, 9.17) is 0 Å². The summed E-state index contributed by atoms with van der Waals surface area (Å²) in [5.41, 5.74) is 0.427. The molecule has 0 bridgehead atoms. The molecule has 3 heteroatoms. The Morgan fingerprint density at radius 1 is 1.00 bits per heavy atom. The van der Waals surface area contributed by atoms with Gasteiger partial charge in [-0.3, -0.25) is 14.8 Å². The van der Waals surface area contributed by atoms with Crippen LogP contribution < -0.4 is 5.01 Å². The minimum Gasteiger partial charge on any atom is -0.277 e. The van der Waals surface area contributed by atoms with Crippen molar-refractivity contribution in [3.63, 3.8) is 0 Å². The van der Waals surface area contributed by atoms with Crippen molar-refractivity contribution in [2.24, 2.45) is 5.41 Å². The van der Waals surface area contributed by atoms with E-state index in [0.717, 1.165) is 5.69 Å². The summed E-state index contributed by atoms with van der Waals surface area (Å²) in [6.45, 7) is 8.24. The predicted octanol–water partition coefficient (Wildman–Crippen LogP) is 2.68. The van der Waals surface area contributed by atoms with E-state index in [0.29, 0.717) is 0 Å². The Balaban J connectivity index is 2.52. The molecule has 1 fully saturated rings. The summed E-state index contributed by atoms with van der Waals surface area (Å²) in [5.74, 6) is 0.159. The maximum Gasteiger partial charge on any atom is 0.248 e. The Morgan fingerprint density at radius 3 is 1.94 bits per heavy atom. The summed E-state index contributed by atoms with van der Waals surface area (Å²) in [4.78, 5) is 12.3. The molecule has 92 valence electrons. The van der Waals surface area contributed by atoms with Crippen LogP contribution in [0.25, 0.3) is 0 Å². The molecular formula is C14H20N2O. The molecule has 1 saturated heterocycles. The SMILES string of the molecule is CN1C(=O)C(C)(C)C(C)(C)N1c1ccccc1. The third-order valence-corrected chi connectivity index (χ3v) is 4.19. The van der Waals surface area contributed by atoms with Crippen molar-refractivity contribution in [3.8, 4) is 0 Å². The zero-order chi connectivity index (χ0) is 12.8. The molecule has 1 amide bonds. The molecule has 0 unspecified atom stereocenters. The van der Waals surface area contributed by atoms with Gasteiger partial charge in [-0.25, -0.2) is 0 Å². The average Bonchev–Trinajstić information content (AvgIpc) is 2.39. The van der Waals surface area contributed by atoms with Crippen molar-refractivity contribution in [1.29, 1.82) is 0 Å². The van der Waals surface area contributed by atoms with E-state index in [1.165, 1.54) is 0 Å². The monoisotopic (exact) mass is 232 g/mol. The number of benzene rings is 1. The van der Waals surface area contributed by atoms with E-state index in [1.807, 2.05) is 51.2 Å². The quantitative estimate of drug-likeness (QED) is 0.743. The molecule has 2 rings (SSSR count). The Hall–Kier alpha value is -1.51. The first-order valence-electron chi connectivity index (χ1n) is 5.93. The predicted molar refractivity (Wildman–Crippen MR) is 69.6 cm³/mol. The number of anilines is 1. The average molecular weight is 232 g/mol. The highest BCUT2D eigenvalue weighted by atomic mass is 16.2. The Kier molecular flexibility index (Phi) is 2.45. The third-order valence-electron chi connectivity index (χ3n) is 4.19. The van der Waals surface area contributed by atoms with Gasteiger partial charge in [0.05, 0.1) is 16.6 Å². The van der Waals surface area contributed by atoms with E-state index in [1.54, 1.807) is 5.01 Å². The van der Waals surface area contributed by atoms with Crippen LogP contribution in [-0.4, -0.2) is 23.5 Å². The molecule has 1 aromatic rings. The fourth-order valence-corrected chi connectivity index (χ4v) is 2.46. The van der Waals surface area contributed by atoms with E-state index in [2.05, 4.69) is 18.9 Å². The first-order valence-corrected chi connectivity index (χ1v) is 5.93. The van der Waals surface area contributed by atoms with Crippen molar-refractivity contribution in [1.82, 2.24) is 5.01 Å². The zero-order valence-corrected chi connectivity index (χ0v) is 11.2. The maximum atomic E-state index is 12.3. The Labute approximate surface area is 103 Å². The van der Waals surface area contributed by atoms with Crippen LogP contribution in [0.3, 0.4) is 0 Å². The van der Waals surface area contributed by atoms with Crippen LogP contribution in [0.2, 0.25) is 0 Å². The minimum absolute atomic E-state index is 0.159. The zero-order valence-electron chi connectivity index (χ0n) is 11.2. The molecule has 0 N–H and O–H groups in total. The number of hydrogen-bond acceptors (Lipinski definition) is 2. The number of para-hydroxylation sites is 1. The summed E-state index contributed by atoms with van der Waals surface area (Å²) in [6, 6.07) is 10.0. The summed E-state index contributed by atoms with van der Waals surface area (Å²) >= 11 is 0. The summed E-state index contributed by atoms with van der Waals surface area (Å²) in [7, 11) is 1.84. The van der Waals surface area contributed by atoms with E-state index < -0.39 is 5.41 Å². The second kappa shape index (κ2) is 3.49. The molecule has 1 aliphatic heterocycles. The highest BCUT2D eigenvalue weighted by Crippen LogP contribution is 2.46. The second-order valence-corrected chi connectivity index (χ2v) is 5.66. The molecule has 0 saturated carbocycles. The van der Waals surface area contributed by atoms with Gasteiger partial charge in [0, 0.05) is 7.05 Å². The van der Waals surface area contributed by atoms with E-state index >= 15 is 0 Å². The van der Waals surface area contributed by atoms with Gasteiger partial charge in [-0.05, 0) is 39.8 Å². The highest BCUT2D eigenvalue weighted by Gasteiger charge is 2.56. The van der Waals surface area contributed by atoms with Gasteiger partial charge in [0.15, 0.2) is 0 Å². The van der Waals surface area contributed by atoms with Crippen LogP contribution in [0.4, 0.5) is 5.69 Å². The maximum absolute atomic E-state index is 12.3. The van der Waals surface area contributed by atoms with E-state index in [-0.39, 0.29) is 11.4 Å². The molecule has 1 heterocycles. The molecule has 1 aromatic carbocycles. The molecule has 17 heavy (non-hydrogen) atoms. The number of hydrazine groups is 1. The lowest BCUT2D eigenvalue weighted by molar-refractivity contribution is -0.134. The molecule has 1 aliphatic rings. The normalized spacial score (nSPS) is 22.1. The van der Waals surface area contributed by atoms with E-state index in [9.17, 15) is 4.79 Å². The molecule has 3 nitrogen and oxygen atoms in total. The van der Waals surface area contributed by atoms with Gasteiger partial charge in [-0.2, -0.15) is 0 Å². The van der Waals surface area contributed by atoms with Gasteiger partial charge in [0.1, 0.15) is 0 Å². The Morgan fingerprint density at radius 2 is 1.53 bits per heavy atom. The highest BCUT2D eigenvalue weighted by molar-refractivity contribution is 5.89. The van der Waals surface area contributed by atoms with Crippen LogP contribution in [0.15, 0.2) is 30.3 Å². The third kappa shape index (κ3) is 1.45. The van der Waals surface area contributed by atoms with Crippen LogP contribution in [0.1, 0.15) is 27.7 Å². The molecule has 0 aliphatic carbocycles. The topological polar surface area (TPSA) is 23.6 Å². The van der Waals surface area contributed by atoms with Gasteiger partial charge in [0.2, 0.25) is 5.91 Å². The minimum atomic E-state index is -0.391. The fourth-order valence-electron chi connectivity index (χ4n) is 2.46. The van der Waals surface area contributed by atoms with Crippen molar-refractivity contribution < 1.29 is 4.79 Å². The number of rotatable bonds is 1. The Bertz CT molecular complexity index is 437. The van der Waals surface area contributed by atoms with Crippen molar-refractivity contribution >= 4 is 11.6 Å². The number of amides is 1. The van der Waals surface area contributed by atoms with Gasteiger partial charge < -0.3 is 0 Å². The molecule has 0 radical (unpaired) electrons. The first kappa shape index (κ1) is 12.0. The van der Waals surface area contributed by atoms with Crippen molar-refractivity contribution in [3.05, 3.63) is 30.3 Å². The van der Waals surface area contributed by atoms with Crippen LogP contribution in [0.5, 0.6) is 0 Å². The summed E-state index contributed by atoms with van der Waals surface area (Å²) in [5, 5.41) is 3.81. The van der Waals surface area contributed by atoms with Crippen molar-refractivity contribution in [2.45, 2.75) is 33.2 Å². The lowest BCUT2D eigenvalue weighted by Gasteiger charge is -2.40. The van der Waals surface area contributed by atoms with Crippen molar-refractivity contribution in [2.75, 3.05) is 12.1 Å². The summed E-state index contributed by atoms with van der Waals surface area (Å²) in [6.07, 6.45) is 0. The summed E-state index contributed by atoms with van der Waals surface area (Å²) < 4.78 is 0. The molecule has 0 aromatic heterocycles.